The van der Waals surface area contributed by atoms with Crippen molar-refractivity contribution in [3.63, 3.8) is 0 Å². The number of sulfonamides is 1. The molecule has 3 heterocycles. The van der Waals surface area contributed by atoms with Crippen LogP contribution in [-0.4, -0.2) is 61.4 Å². The third kappa shape index (κ3) is 4.46. The lowest BCUT2D eigenvalue weighted by molar-refractivity contribution is -0.116. The van der Waals surface area contributed by atoms with Crippen LogP contribution in [0.15, 0.2) is 32.3 Å². The summed E-state index contributed by atoms with van der Waals surface area (Å²) in [4.78, 5) is 14.0. The number of carbonyl (C=O) groups is 1. The topological polar surface area (TPSA) is 95.8 Å². The van der Waals surface area contributed by atoms with E-state index in [1.807, 2.05) is 0 Å². The number of nitrogens with zero attached hydrogens (tertiary/aromatic N) is 3. The van der Waals surface area contributed by atoms with Crippen molar-refractivity contribution in [2.45, 2.75) is 17.6 Å². The van der Waals surface area contributed by atoms with Gasteiger partial charge in [-0.05, 0) is 18.4 Å². The van der Waals surface area contributed by atoms with Crippen molar-refractivity contribution in [3.05, 3.63) is 29.3 Å². The van der Waals surface area contributed by atoms with Gasteiger partial charge in [-0.3, -0.25) is 4.79 Å². The first-order valence-corrected chi connectivity index (χ1v) is 10.3. The Morgan fingerprint density at radius 1 is 1.36 bits per heavy atom. The van der Waals surface area contributed by atoms with Crippen molar-refractivity contribution in [3.8, 4) is 0 Å². The Morgan fingerprint density at radius 3 is 2.72 bits per heavy atom. The molecule has 1 fully saturated rings. The van der Waals surface area contributed by atoms with Gasteiger partial charge in [0.2, 0.25) is 5.91 Å². The van der Waals surface area contributed by atoms with Crippen LogP contribution in [0.4, 0.5) is 5.82 Å². The van der Waals surface area contributed by atoms with Gasteiger partial charge in [0.05, 0.1) is 0 Å². The summed E-state index contributed by atoms with van der Waals surface area (Å²) in [5, 5.41) is 8.16. The average Bonchev–Trinajstić information content (AvgIpc) is 3.26. The maximum atomic E-state index is 12.5. The summed E-state index contributed by atoms with van der Waals surface area (Å²) in [6.45, 7) is 4.43. The monoisotopic (exact) mass is 384 g/mol. The fourth-order valence-electron chi connectivity index (χ4n) is 2.62. The molecule has 1 amide bonds. The minimum atomic E-state index is -3.38. The lowest BCUT2D eigenvalue weighted by Crippen LogP contribution is -2.48. The molecule has 2 aromatic rings. The normalized spacial score (nSPS) is 16.8. The van der Waals surface area contributed by atoms with Crippen LogP contribution in [0.3, 0.4) is 0 Å². The minimum absolute atomic E-state index is 0.137. The molecule has 8 nitrogen and oxygen atoms in total. The molecule has 0 aromatic carbocycles. The highest BCUT2D eigenvalue weighted by Crippen LogP contribution is 2.22. The van der Waals surface area contributed by atoms with E-state index in [1.165, 1.54) is 15.6 Å². The van der Waals surface area contributed by atoms with Crippen LogP contribution in [-0.2, 0) is 14.8 Å². The second-order valence-corrected chi connectivity index (χ2v) is 8.91. The second-order valence-electron chi connectivity index (χ2n) is 5.80. The molecule has 136 valence electrons. The first-order chi connectivity index (χ1) is 11.9. The van der Waals surface area contributed by atoms with E-state index in [2.05, 4.69) is 15.4 Å². The maximum absolute atomic E-state index is 12.5. The predicted molar refractivity (Wildman–Crippen MR) is 94.0 cm³/mol. The molecule has 0 spiro atoms. The fraction of sp³-hybridized carbons (Fsp3) is 0.467. The zero-order chi connectivity index (χ0) is 17.9. The second kappa shape index (κ2) is 7.65. The average molecular weight is 384 g/mol. The number of aryl methyl sites for hydroxylation is 1. The number of aromatic nitrogens is 1. The number of anilines is 1. The van der Waals surface area contributed by atoms with Gasteiger partial charge in [0.25, 0.3) is 10.0 Å². The molecule has 0 radical (unpaired) electrons. The van der Waals surface area contributed by atoms with Crippen LogP contribution in [0.1, 0.15) is 12.2 Å². The number of amides is 1. The molecule has 10 heteroatoms. The first kappa shape index (κ1) is 18.1. The molecule has 1 aliphatic rings. The molecular weight excluding hydrogens is 364 g/mol. The SMILES string of the molecule is Cc1cc(NC(=O)CCN2CCN(S(=O)(=O)c3cccs3)CC2)no1. The van der Waals surface area contributed by atoms with Gasteiger partial charge in [0.15, 0.2) is 5.82 Å². The Morgan fingerprint density at radius 2 is 2.12 bits per heavy atom. The Kier molecular flexibility index (Phi) is 5.52. The molecule has 0 unspecified atom stereocenters. The lowest BCUT2D eigenvalue weighted by atomic mass is 10.3. The molecule has 0 aliphatic carbocycles. The van der Waals surface area contributed by atoms with Crippen LogP contribution in [0.25, 0.3) is 0 Å². The molecule has 0 atom stereocenters. The number of hydrogen-bond donors (Lipinski definition) is 1. The third-order valence-corrected chi connectivity index (χ3v) is 7.24. The molecule has 0 saturated carbocycles. The highest BCUT2D eigenvalue weighted by atomic mass is 32.2. The molecule has 0 bridgehead atoms. The highest BCUT2D eigenvalue weighted by molar-refractivity contribution is 7.91. The molecule has 1 aliphatic heterocycles. The number of hydrogen-bond acceptors (Lipinski definition) is 7. The Bertz CT molecular complexity index is 808. The van der Waals surface area contributed by atoms with Crippen LogP contribution < -0.4 is 5.32 Å². The van der Waals surface area contributed by atoms with Crippen molar-refractivity contribution in [2.24, 2.45) is 0 Å². The van der Waals surface area contributed by atoms with Crippen molar-refractivity contribution in [2.75, 3.05) is 38.0 Å². The predicted octanol–water partition coefficient (Wildman–Crippen LogP) is 1.38. The summed E-state index contributed by atoms with van der Waals surface area (Å²) < 4.78 is 31.7. The van der Waals surface area contributed by atoms with Gasteiger partial charge in [-0.25, -0.2) is 8.42 Å². The summed E-state index contributed by atoms with van der Waals surface area (Å²) in [7, 11) is -3.38. The van der Waals surface area contributed by atoms with E-state index in [-0.39, 0.29) is 5.91 Å². The quantitative estimate of drug-likeness (QED) is 0.808. The van der Waals surface area contributed by atoms with E-state index >= 15 is 0 Å². The van der Waals surface area contributed by atoms with E-state index in [0.29, 0.717) is 54.9 Å². The third-order valence-electron chi connectivity index (χ3n) is 3.97. The summed E-state index contributed by atoms with van der Waals surface area (Å²) in [5.41, 5.74) is 0. The summed E-state index contributed by atoms with van der Waals surface area (Å²) in [6.07, 6.45) is 0.323. The largest absolute Gasteiger partial charge is 0.360 e. The van der Waals surface area contributed by atoms with Gasteiger partial charge in [0, 0.05) is 45.2 Å². The number of thiophene rings is 1. The van der Waals surface area contributed by atoms with Gasteiger partial charge < -0.3 is 14.7 Å². The summed E-state index contributed by atoms with van der Waals surface area (Å²) >= 11 is 1.23. The lowest BCUT2D eigenvalue weighted by Gasteiger charge is -2.33. The number of rotatable bonds is 6. The van der Waals surface area contributed by atoms with Crippen molar-refractivity contribution >= 4 is 33.1 Å². The van der Waals surface area contributed by atoms with E-state index in [1.54, 1.807) is 30.5 Å². The first-order valence-electron chi connectivity index (χ1n) is 7.94. The van der Waals surface area contributed by atoms with E-state index < -0.39 is 10.0 Å². The van der Waals surface area contributed by atoms with Crippen molar-refractivity contribution < 1.29 is 17.7 Å². The van der Waals surface area contributed by atoms with Crippen molar-refractivity contribution in [1.82, 2.24) is 14.4 Å². The van der Waals surface area contributed by atoms with Crippen LogP contribution in [0.5, 0.6) is 0 Å². The standard InChI is InChI=1S/C15H20N4O4S2/c1-12-11-13(17-23-12)16-14(20)4-5-18-6-8-19(9-7-18)25(21,22)15-3-2-10-24-15/h2-3,10-11H,4-9H2,1H3,(H,16,17,20). The fourth-order valence-corrected chi connectivity index (χ4v) is 5.19. The van der Waals surface area contributed by atoms with Crippen LogP contribution in [0.2, 0.25) is 0 Å². The molecule has 1 saturated heterocycles. The molecular formula is C15H20N4O4S2. The van der Waals surface area contributed by atoms with Crippen LogP contribution in [0, 0.1) is 6.92 Å². The molecule has 1 N–H and O–H groups in total. The van der Waals surface area contributed by atoms with Gasteiger partial charge in [-0.15, -0.1) is 11.3 Å². The van der Waals surface area contributed by atoms with Gasteiger partial charge >= 0.3 is 0 Å². The highest BCUT2D eigenvalue weighted by Gasteiger charge is 2.29. The van der Waals surface area contributed by atoms with Gasteiger partial charge in [-0.2, -0.15) is 4.31 Å². The van der Waals surface area contributed by atoms with Crippen molar-refractivity contribution in [1.29, 1.82) is 0 Å². The number of piperazine rings is 1. The van der Waals surface area contributed by atoms with E-state index in [9.17, 15) is 13.2 Å². The maximum Gasteiger partial charge on any atom is 0.252 e. The molecule has 3 rings (SSSR count). The van der Waals surface area contributed by atoms with E-state index in [4.69, 9.17) is 4.52 Å². The number of nitrogens with one attached hydrogen (secondary N) is 1. The van der Waals surface area contributed by atoms with Crippen LogP contribution >= 0.6 is 11.3 Å². The molecule has 2 aromatic heterocycles. The van der Waals surface area contributed by atoms with E-state index in [0.717, 1.165) is 0 Å². The Hall–Kier alpha value is -1.75. The van der Waals surface area contributed by atoms with Gasteiger partial charge in [0.1, 0.15) is 9.97 Å². The van der Waals surface area contributed by atoms with Gasteiger partial charge in [-0.1, -0.05) is 11.2 Å². The minimum Gasteiger partial charge on any atom is -0.360 e. The summed E-state index contributed by atoms with van der Waals surface area (Å²) in [5.74, 6) is 0.912. The zero-order valence-electron chi connectivity index (χ0n) is 13.8. The molecule has 25 heavy (non-hydrogen) atoms. The Balaban J connectivity index is 1.44. The number of carbonyl (C=O) groups excluding carboxylic acids is 1. The Labute approximate surface area is 150 Å². The smallest absolute Gasteiger partial charge is 0.252 e. The zero-order valence-corrected chi connectivity index (χ0v) is 15.5. The summed E-state index contributed by atoms with van der Waals surface area (Å²) in [6, 6.07) is 5.03.